The third kappa shape index (κ3) is 14.4. The quantitative estimate of drug-likeness (QED) is 0.0528. The zero-order chi connectivity index (χ0) is 49.2. The van der Waals surface area contributed by atoms with Crippen LogP contribution in [0.3, 0.4) is 0 Å². The first kappa shape index (κ1) is 49.1. The van der Waals surface area contributed by atoms with Gasteiger partial charge in [0.2, 0.25) is 25.4 Å². The molecule has 0 fully saturated rings. The highest BCUT2D eigenvalue weighted by Crippen LogP contribution is 2.34. The van der Waals surface area contributed by atoms with Crippen LogP contribution in [-0.4, -0.2) is 72.7 Å². The number of carboxylic acid groups (broad SMARTS) is 1. The van der Waals surface area contributed by atoms with Gasteiger partial charge in [0.25, 0.3) is 0 Å². The van der Waals surface area contributed by atoms with Crippen molar-refractivity contribution in [2.75, 3.05) is 20.2 Å². The standard InChI is InChI=1S/C29H27NO6.C27H23NO6/c1-2-34-29(33)23-12-8-21(9-13-23)17-25(31)24(16-20-6-4-3-5-7-20)30-28(32)15-11-22-10-14-26-27(18-22)36-19-35-26;29-23(15-19-6-10-21(11-7-19)27(31)32)22(14-18-4-2-1-3-5-18)28-26(30)13-9-20-8-12-24-25(16-20)34-17-33-24/h3-15,18,24H,2,16-17,19H2,1H3,(H,30,32);1-13,16,22H,14-15,17H2,(H,28,30)(H,31,32)/b15-11+;13-9+/t24-;22-/m00/s1. The average Bonchev–Trinajstić information content (AvgIpc) is 4.06. The summed E-state index contributed by atoms with van der Waals surface area (Å²) in [6, 6.07) is 41.2. The summed E-state index contributed by atoms with van der Waals surface area (Å²) < 4.78 is 26.3. The number of hydrogen-bond donors (Lipinski definition) is 3. The molecule has 6 aromatic rings. The fraction of sp³-hybridized carbons (Fsp3) is 0.179. The number of hydrogen-bond acceptors (Lipinski definition) is 11. The Labute approximate surface area is 404 Å². The predicted molar refractivity (Wildman–Crippen MR) is 261 cm³/mol. The Kier molecular flexibility index (Phi) is 17.1. The maximum atomic E-state index is 13.2. The van der Waals surface area contributed by atoms with Gasteiger partial charge >= 0.3 is 11.9 Å². The molecule has 0 radical (unpaired) electrons. The number of aromatic carboxylic acids is 1. The number of carbonyl (C=O) groups is 6. The molecule has 14 nitrogen and oxygen atoms in total. The third-order valence-corrected chi connectivity index (χ3v) is 11.0. The van der Waals surface area contributed by atoms with Gasteiger partial charge in [-0.1, -0.05) is 97.1 Å². The number of Topliss-reactive ketones (excluding diaryl/α,β-unsaturated/α-hetero) is 2. The molecule has 0 aliphatic carbocycles. The smallest absolute Gasteiger partial charge is 0.338 e. The lowest BCUT2D eigenvalue weighted by molar-refractivity contribution is -0.125. The van der Waals surface area contributed by atoms with Crippen molar-refractivity contribution in [3.05, 3.63) is 202 Å². The number of amides is 2. The second kappa shape index (κ2) is 24.3. The summed E-state index contributed by atoms with van der Waals surface area (Å²) in [6.07, 6.45) is 6.99. The Morgan fingerprint density at radius 2 is 0.943 bits per heavy atom. The molecule has 356 valence electrons. The van der Waals surface area contributed by atoms with Crippen LogP contribution in [0.15, 0.2) is 158 Å². The van der Waals surface area contributed by atoms with E-state index >= 15 is 0 Å². The second-order valence-electron chi connectivity index (χ2n) is 16.1. The minimum absolute atomic E-state index is 0.0730. The molecule has 3 N–H and O–H groups in total. The van der Waals surface area contributed by atoms with E-state index in [0.717, 1.165) is 27.8 Å². The van der Waals surface area contributed by atoms with E-state index in [4.69, 9.17) is 28.8 Å². The van der Waals surface area contributed by atoms with E-state index in [1.165, 1.54) is 24.3 Å². The monoisotopic (exact) mass is 942 g/mol. The van der Waals surface area contributed by atoms with E-state index in [2.05, 4.69) is 10.6 Å². The van der Waals surface area contributed by atoms with Gasteiger partial charge in [-0.25, -0.2) is 9.59 Å². The highest BCUT2D eigenvalue weighted by molar-refractivity contribution is 5.98. The normalized spacial score (nSPS) is 12.9. The lowest BCUT2D eigenvalue weighted by Gasteiger charge is -2.17. The number of ketones is 2. The summed E-state index contributed by atoms with van der Waals surface area (Å²) in [6.45, 7) is 2.39. The molecule has 6 aromatic carbocycles. The SMILES string of the molecule is CCOC(=O)c1ccc(CC(=O)[C@H](Cc2ccccc2)NC(=O)/C=C/c2ccc3c(c2)OCO3)cc1.O=C(/C=C/c1ccc2c(c1)OCO2)N[C@@H](Cc1ccccc1)C(=O)Cc1ccc(C(=O)O)cc1. The number of nitrogens with one attached hydrogen (secondary N) is 2. The van der Waals surface area contributed by atoms with E-state index in [1.54, 1.807) is 79.7 Å². The molecular weight excluding hydrogens is 893 g/mol. The Balaban J connectivity index is 0.000000207. The van der Waals surface area contributed by atoms with Crippen LogP contribution in [0.5, 0.6) is 23.0 Å². The number of rotatable bonds is 19. The van der Waals surface area contributed by atoms with Gasteiger partial charge in [0, 0.05) is 25.0 Å². The van der Waals surface area contributed by atoms with Crippen molar-refractivity contribution in [3.63, 3.8) is 0 Å². The summed E-state index contributed by atoms with van der Waals surface area (Å²) in [5, 5.41) is 14.7. The molecule has 0 saturated carbocycles. The topological polar surface area (TPSA) is 193 Å². The van der Waals surface area contributed by atoms with Crippen LogP contribution in [0.4, 0.5) is 0 Å². The van der Waals surface area contributed by atoms with Crippen molar-refractivity contribution in [2.45, 2.75) is 44.7 Å². The molecule has 8 rings (SSSR count). The van der Waals surface area contributed by atoms with Crippen molar-refractivity contribution >= 4 is 47.5 Å². The summed E-state index contributed by atoms with van der Waals surface area (Å²) in [7, 11) is 0. The summed E-state index contributed by atoms with van der Waals surface area (Å²) >= 11 is 0. The molecule has 14 heteroatoms. The summed E-state index contributed by atoms with van der Waals surface area (Å²) in [5.41, 5.74) is 5.41. The maximum Gasteiger partial charge on any atom is 0.338 e. The zero-order valence-electron chi connectivity index (χ0n) is 38.2. The molecule has 70 heavy (non-hydrogen) atoms. The Hall–Kier alpha value is -8.78. The van der Waals surface area contributed by atoms with Gasteiger partial charge < -0.3 is 39.4 Å². The Morgan fingerprint density at radius 1 is 0.529 bits per heavy atom. The van der Waals surface area contributed by atoms with Crippen molar-refractivity contribution in [1.82, 2.24) is 10.6 Å². The van der Waals surface area contributed by atoms with Crippen LogP contribution in [0.1, 0.15) is 61.0 Å². The third-order valence-electron chi connectivity index (χ3n) is 11.0. The zero-order valence-corrected chi connectivity index (χ0v) is 38.2. The second-order valence-corrected chi connectivity index (χ2v) is 16.1. The van der Waals surface area contributed by atoms with Gasteiger partial charge in [-0.05, 0) is 114 Å². The van der Waals surface area contributed by atoms with Crippen molar-refractivity contribution in [3.8, 4) is 23.0 Å². The molecule has 2 atom stereocenters. The lowest BCUT2D eigenvalue weighted by Crippen LogP contribution is -2.42. The predicted octanol–water partition coefficient (Wildman–Crippen LogP) is 7.81. The first-order valence-electron chi connectivity index (χ1n) is 22.5. The summed E-state index contributed by atoms with van der Waals surface area (Å²) in [4.78, 5) is 74.6. The Bertz CT molecular complexity index is 2860. The van der Waals surface area contributed by atoms with Crippen molar-refractivity contribution in [1.29, 1.82) is 0 Å². The van der Waals surface area contributed by atoms with Crippen molar-refractivity contribution in [2.24, 2.45) is 0 Å². The highest BCUT2D eigenvalue weighted by Gasteiger charge is 2.23. The van der Waals surface area contributed by atoms with Gasteiger partial charge in [0.15, 0.2) is 34.6 Å². The van der Waals surface area contributed by atoms with Crippen LogP contribution in [-0.2, 0) is 49.6 Å². The molecule has 2 amide bonds. The minimum Gasteiger partial charge on any atom is -0.478 e. The van der Waals surface area contributed by atoms with E-state index < -0.39 is 29.9 Å². The number of ether oxygens (including phenoxy) is 5. The van der Waals surface area contributed by atoms with Crippen LogP contribution in [0.2, 0.25) is 0 Å². The van der Waals surface area contributed by atoms with Gasteiger partial charge in [0.1, 0.15) is 0 Å². The Morgan fingerprint density at radius 3 is 1.36 bits per heavy atom. The average molecular weight is 943 g/mol. The van der Waals surface area contributed by atoms with E-state index in [9.17, 15) is 28.8 Å². The van der Waals surface area contributed by atoms with Crippen LogP contribution >= 0.6 is 0 Å². The minimum atomic E-state index is -1.03. The van der Waals surface area contributed by atoms with E-state index in [1.807, 2.05) is 72.8 Å². The molecule has 2 heterocycles. The number of carboxylic acids is 1. The summed E-state index contributed by atoms with van der Waals surface area (Å²) in [5.74, 6) is 0.0708. The molecule has 2 aliphatic rings. The van der Waals surface area contributed by atoms with E-state index in [-0.39, 0.29) is 49.5 Å². The molecule has 0 aromatic heterocycles. The molecule has 0 spiro atoms. The van der Waals surface area contributed by atoms with Crippen LogP contribution in [0, 0.1) is 0 Å². The van der Waals surface area contributed by atoms with Crippen LogP contribution < -0.4 is 29.6 Å². The van der Waals surface area contributed by atoms with Crippen LogP contribution in [0.25, 0.3) is 12.2 Å². The number of benzene rings is 6. The van der Waals surface area contributed by atoms with Gasteiger partial charge in [0.05, 0.1) is 29.8 Å². The molecule has 0 saturated heterocycles. The first-order valence-corrected chi connectivity index (χ1v) is 22.5. The molecular formula is C56H50N2O12. The van der Waals surface area contributed by atoms with Gasteiger partial charge in [-0.15, -0.1) is 0 Å². The highest BCUT2D eigenvalue weighted by atomic mass is 16.7. The maximum absolute atomic E-state index is 13.2. The van der Waals surface area contributed by atoms with Gasteiger partial charge in [-0.2, -0.15) is 0 Å². The molecule has 0 unspecified atom stereocenters. The molecule has 2 aliphatic heterocycles. The largest absolute Gasteiger partial charge is 0.478 e. The van der Waals surface area contributed by atoms with E-state index in [0.29, 0.717) is 53.6 Å². The fourth-order valence-electron chi connectivity index (χ4n) is 7.39. The number of carbonyl (C=O) groups excluding carboxylic acids is 5. The van der Waals surface area contributed by atoms with Crippen molar-refractivity contribution < 1.29 is 57.6 Å². The number of esters is 1. The lowest BCUT2D eigenvalue weighted by atomic mass is 9.97. The first-order chi connectivity index (χ1) is 34.0. The number of fused-ring (bicyclic) bond motifs is 2. The fourth-order valence-corrected chi connectivity index (χ4v) is 7.39. The van der Waals surface area contributed by atoms with Gasteiger partial charge in [-0.3, -0.25) is 19.2 Å². The molecule has 0 bridgehead atoms.